The number of nitrogens with zero attached hydrogens (tertiary/aromatic N) is 3. The molecule has 0 bridgehead atoms. The Bertz CT molecular complexity index is 690. The Hall–Kier alpha value is -1.77. The second-order valence-electron chi connectivity index (χ2n) is 6.02. The zero-order valence-corrected chi connectivity index (χ0v) is 15.2. The van der Waals surface area contributed by atoms with E-state index in [1.807, 2.05) is 17.8 Å². The van der Waals surface area contributed by atoms with Gasteiger partial charge in [-0.1, -0.05) is 0 Å². The quantitative estimate of drug-likeness (QED) is 0.852. The maximum atomic E-state index is 12.6. The van der Waals surface area contributed by atoms with Crippen molar-refractivity contribution in [1.82, 2.24) is 19.8 Å². The van der Waals surface area contributed by atoms with Gasteiger partial charge >= 0.3 is 6.18 Å². The van der Waals surface area contributed by atoms with Gasteiger partial charge in [-0.2, -0.15) is 13.2 Å². The lowest BCUT2D eigenvalue weighted by atomic mass is 10.2. The molecule has 0 aliphatic carbocycles. The van der Waals surface area contributed by atoms with Crippen molar-refractivity contribution in [3.8, 4) is 5.75 Å². The summed E-state index contributed by atoms with van der Waals surface area (Å²) in [6.45, 7) is 3.66. The SMILES string of the molecule is Cl.Cn1ccnc1C1CNCCN1CCOc1ccc(C(F)(F)F)cc1. The van der Waals surface area contributed by atoms with Crippen molar-refractivity contribution in [1.29, 1.82) is 0 Å². The van der Waals surface area contributed by atoms with Crippen LogP contribution < -0.4 is 10.1 Å². The van der Waals surface area contributed by atoms with E-state index in [0.29, 0.717) is 18.9 Å². The van der Waals surface area contributed by atoms with E-state index in [-0.39, 0.29) is 18.4 Å². The highest BCUT2D eigenvalue weighted by Crippen LogP contribution is 2.30. The molecule has 3 rings (SSSR count). The smallest absolute Gasteiger partial charge is 0.416 e. The molecule has 1 atom stereocenters. The number of hydrogen-bond donors (Lipinski definition) is 1. The Kier molecular flexibility index (Phi) is 6.91. The van der Waals surface area contributed by atoms with E-state index in [2.05, 4.69) is 15.2 Å². The van der Waals surface area contributed by atoms with Gasteiger partial charge in [-0.15, -0.1) is 12.4 Å². The number of alkyl halides is 3. The lowest BCUT2D eigenvalue weighted by molar-refractivity contribution is -0.137. The highest BCUT2D eigenvalue weighted by atomic mass is 35.5. The van der Waals surface area contributed by atoms with Gasteiger partial charge in [0.2, 0.25) is 0 Å². The average molecular weight is 391 g/mol. The molecule has 5 nitrogen and oxygen atoms in total. The molecular formula is C17H22ClF3N4O. The molecule has 1 N–H and O–H groups in total. The first-order valence-electron chi connectivity index (χ1n) is 8.17. The number of hydrogen-bond acceptors (Lipinski definition) is 4. The van der Waals surface area contributed by atoms with Gasteiger partial charge in [0.1, 0.15) is 18.2 Å². The van der Waals surface area contributed by atoms with Gasteiger partial charge in [0.25, 0.3) is 0 Å². The number of halogens is 4. The standard InChI is InChI=1S/C17H21F3N4O.ClH/c1-23-8-7-22-16(23)15-12-21-6-9-24(15)10-11-25-14-4-2-13(3-5-14)17(18,19)20;/h2-5,7-8,15,21H,6,9-12H2,1H3;1H. The first-order chi connectivity index (χ1) is 11.9. The fourth-order valence-electron chi connectivity index (χ4n) is 2.99. The Labute approximate surface area is 156 Å². The van der Waals surface area contributed by atoms with Gasteiger partial charge in [-0.3, -0.25) is 4.90 Å². The minimum Gasteiger partial charge on any atom is -0.492 e. The zero-order valence-electron chi connectivity index (χ0n) is 14.4. The number of piperazine rings is 1. The summed E-state index contributed by atoms with van der Waals surface area (Å²) in [5, 5.41) is 3.37. The van der Waals surface area contributed by atoms with Crippen LogP contribution in [0.2, 0.25) is 0 Å². The van der Waals surface area contributed by atoms with Crippen LogP contribution in [0.1, 0.15) is 17.4 Å². The molecule has 26 heavy (non-hydrogen) atoms. The molecule has 1 aliphatic heterocycles. The van der Waals surface area contributed by atoms with Crippen LogP contribution in [-0.4, -0.2) is 47.2 Å². The Morgan fingerprint density at radius 1 is 1.27 bits per heavy atom. The van der Waals surface area contributed by atoms with Crippen molar-refractivity contribution in [3.63, 3.8) is 0 Å². The Morgan fingerprint density at radius 3 is 2.62 bits per heavy atom. The summed E-state index contributed by atoms with van der Waals surface area (Å²) in [5.41, 5.74) is -0.670. The van der Waals surface area contributed by atoms with Crippen LogP contribution in [-0.2, 0) is 13.2 Å². The zero-order chi connectivity index (χ0) is 17.9. The van der Waals surface area contributed by atoms with Crippen LogP contribution >= 0.6 is 12.4 Å². The molecule has 1 fully saturated rings. The molecule has 2 aromatic rings. The highest BCUT2D eigenvalue weighted by Gasteiger charge is 2.30. The molecule has 2 heterocycles. The van der Waals surface area contributed by atoms with E-state index in [1.54, 1.807) is 6.20 Å². The molecule has 0 spiro atoms. The topological polar surface area (TPSA) is 42.3 Å². The van der Waals surface area contributed by atoms with Crippen molar-refractivity contribution in [2.24, 2.45) is 7.05 Å². The highest BCUT2D eigenvalue weighted by molar-refractivity contribution is 5.85. The fourth-order valence-corrected chi connectivity index (χ4v) is 2.99. The third-order valence-corrected chi connectivity index (χ3v) is 4.34. The molecule has 0 amide bonds. The average Bonchev–Trinajstić information content (AvgIpc) is 3.01. The van der Waals surface area contributed by atoms with Crippen LogP contribution in [0.3, 0.4) is 0 Å². The fraction of sp³-hybridized carbons (Fsp3) is 0.471. The summed E-state index contributed by atoms with van der Waals surface area (Å²) in [4.78, 5) is 6.70. The number of imidazole rings is 1. The molecule has 144 valence electrons. The third kappa shape index (κ3) is 4.90. The van der Waals surface area contributed by atoms with E-state index in [1.165, 1.54) is 12.1 Å². The predicted molar refractivity (Wildman–Crippen MR) is 94.6 cm³/mol. The van der Waals surface area contributed by atoms with Crippen LogP contribution in [0, 0.1) is 0 Å². The maximum Gasteiger partial charge on any atom is 0.416 e. The minimum atomic E-state index is -4.32. The van der Waals surface area contributed by atoms with Gasteiger partial charge in [0.15, 0.2) is 0 Å². The molecule has 0 saturated carbocycles. The van der Waals surface area contributed by atoms with Gasteiger partial charge in [0.05, 0.1) is 11.6 Å². The lowest BCUT2D eigenvalue weighted by Gasteiger charge is -2.35. The number of nitrogens with one attached hydrogen (secondary N) is 1. The summed E-state index contributed by atoms with van der Waals surface area (Å²) in [7, 11) is 1.97. The van der Waals surface area contributed by atoms with E-state index < -0.39 is 11.7 Å². The number of benzene rings is 1. The van der Waals surface area contributed by atoms with Gasteiger partial charge in [-0.05, 0) is 24.3 Å². The summed E-state index contributed by atoms with van der Waals surface area (Å²) in [6.07, 6.45) is -0.629. The maximum absolute atomic E-state index is 12.6. The van der Waals surface area contributed by atoms with Crippen molar-refractivity contribution in [2.45, 2.75) is 12.2 Å². The van der Waals surface area contributed by atoms with Crippen molar-refractivity contribution >= 4 is 12.4 Å². The first-order valence-corrected chi connectivity index (χ1v) is 8.17. The second-order valence-corrected chi connectivity index (χ2v) is 6.02. The number of ether oxygens (including phenoxy) is 1. The van der Waals surface area contributed by atoms with Crippen LogP contribution in [0.25, 0.3) is 0 Å². The summed E-state index contributed by atoms with van der Waals surface area (Å²) in [6, 6.07) is 4.95. The third-order valence-electron chi connectivity index (χ3n) is 4.34. The summed E-state index contributed by atoms with van der Waals surface area (Å²) >= 11 is 0. The molecule has 9 heteroatoms. The molecule has 1 saturated heterocycles. The molecular weight excluding hydrogens is 369 g/mol. The van der Waals surface area contributed by atoms with Crippen molar-refractivity contribution in [3.05, 3.63) is 48.0 Å². The van der Waals surface area contributed by atoms with Gasteiger partial charge < -0.3 is 14.6 Å². The van der Waals surface area contributed by atoms with Crippen LogP contribution in [0.15, 0.2) is 36.7 Å². The minimum absolute atomic E-state index is 0. The number of aromatic nitrogens is 2. The molecule has 0 radical (unpaired) electrons. The first kappa shape index (κ1) is 20.5. The summed E-state index contributed by atoms with van der Waals surface area (Å²) < 4.78 is 45.3. The molecule has 1 unspecified atom stereocenters. The van der Waals surface area contributed by atoms with Crippen molar-refractivity contribution < 1.29 is 17.9 Å². The molecule has 1 aromatic heterocycles. The summed E-state index contributed by atoms with van der Waals surface area (Å²) in [5.74, 6) is 1.43. The number of rotatable bonds is 5. The lowest BCUT2D eigenvalue weighted by Crippen LogP contribution is -2.48. The van der Waals surface area contributed by atoms with Crippen LogP contribution in [0.4, 0.5) is 13.2 Å². The van der Waals surface area contributed by atoms with E-state index in [4.69, 9.17) is 4.74 Å². The monoisotopic (exact) mass is 390 g/mol. The Balaban J connectivity index is 0.00000243. The van der Waals surface area contributed by atoms with Crippen molar-refractivity contribution in [2.75, 3.05) is 32.8 Å². The van der Waals surface area contributed by atoms with E-state index >= 15 is 0 Å². The van der Waals surface area contributed by atoms with Gasteiger partial charge in [0, 0.05) is 45.6 Å². The molecule has 1 aliphatic rings. The predicted octanol–water partition coefficient (Wildman–Crippen LogP) is 2.89. The number of aryl methyl sites for hydroxylation is 1. The van der Waals surface area contributed by atoms with E-state index in [0.717, 1.165) is 37.6 Å². The van der Waals surface area contributed by atoms with Gasteiger partial charge in [-0.25, -0.2) is 4.98 Å². The largest absolute Gasteiger partial charge is 0.492 e. The molecule has 1 aromatic carbocycles. The Morgan fingerprint density at radius 2 is 2.00 bits per heavy atom. The second kappa shape index (κ2) is 8.75. The van der Waals surface area contributed by atoms with Crippen LogP contribution in [0.5, 0.6) is 5.75 Å². The van der Waals surface area contributed by atoms with E-state index in [9.17, 15) is 13.2 Å². The normalized spacial score (nSPS) is 18.4.